The van der Waals surface area contributed by atoms with Crippen LogP contribution in [0.5, 0.6) is 0 Å². The summed E-state index contributed by atoms with van der Waals surface area (Å²) < 4.78 is 24.3. The Bertz CT molecular complexity index is 1370. The molecule has 0 radical (unpaired) electrons. The topological polar surface area (TPSA) is 162 Å². The highest BCUT2D eigenvalue weighted by molar-refractivity contribution is 7.90. The van der Waals surface area contributed by atoms with E-state index in [2.05, 4.69) is 10.6 Å². The summed E-state index contributed by atoms with van der Waals surface area (Å²) in [6, 6.07) is 19.5. The van der Waals surface area contributed by atoms with Crippen LogP contribution >= 0.6 is 0 Å². The maximum absolute atomic E-state index is 13.1. The van der Waals surface area contributed by atoms with Gasteiger partial charge in [-0.25, -0.2) is 8.42 Å². The van der Waals surface area contributed by atoms with Crippen LogP contribution in [0.2, 0.25) is 0 Å². The van der Waals surface area contributed by atoms with Crippen molar-refractivity contribution in [2.24, 2.45) is 5.73 Å². The van der Waals surface area contributed by atoms with Gasteiger partial charge in [0.1, 0.15) is 11.9 Å². The second kappa shape index (κ2) is 11.5. The van der Waals surface area contributed by atoms with Crippen LogP contribution in [0.3, 0.4) is 0 Å². The molecule has 3 rings (SSSR count). The fourth-order valence-electron chi connectivity index (χ4n) is 3.69. The monoisotopic (exact) mass is 508 g/mol. The van der Waals surface area contributed by atoms with Gasteiger partial charge in [0, 0.05) is 35.2 Å². The summed E-state index contributed by atoms with van der Waals surface area (Å²) in [6.45, 7) is 0. The highest BCUT2D eigenvalue weighted by atomic mass is 32.2. The first-order valence-corrected chi connectivity index (χ1v) is 13.1. The van der Waals surface area contributed by atoms with Crippen LogP contribution in [0, 0.1) is 5.41 Å². The van der Waals surface area contributed by atoms with Gasteiger partial charge in [-0.15, -0.1) is 0 Å². The predicted octanol–water partition coefficient (Wildman–Crippen LogP) is 3.72. The first-order chi connectivity index (χ1) is 17.0. The number of amidine groups is 1. The van der Waals surface area contributed by atoms with E-state index in [-0.39, 0.29) is 35.9 Å². The second-order valence-electron chi connectivity index (χ2n) is 8.31. The molecule has 0 saturated carbocycles. The van der Waals surface area contributed by atoms with E-state index in [9.17, 15) is 18.0 Å². The molecule has 36 heavy (non-hydrogen) atoms. The van der Waals surface area contributed by atoms with Gasteiger partial charge in [0.15, 0.2) is 9.84 Å². The second-order valence-corrected chi connectivity index (χ2v) is 10.3. The number of nitrogens with two attached hydrogens (primary N) is 1. The minimum absolute atomic E-state index is 0.0760. The number of benzene rings is 3. The third-order valence-electron chi connectivity index (χ3n) is 5.46. The quantitative estimate of drug-likeness (QED) is 0.195. The van der Waals surface area contributed by atoms with Gasteiger partial charge in [-0.2, -0.15) is 0 Å². The molecular weight excluding hydrogens is 480 g/mol. The Labute approximate surface area is 209 Å². The van der Waals surface area contributed by atoms with E-state index in [0.717, 1.165) is 6.26 Å². The minimum Gasteiger partial charge on any atom is -0.481 e. The van der Waals surface area contributed by atoms with Crippen molar-refractivity contribution in [1.29, 1.82) is 5.41 Å². The Kier molecular flexibility index (Phi) is 8.44. The van der Waals surface area contributed by atoms with Gasteiger partial charge < -0.3 is 21.5 Å². The van der Waals surface area contributed by atoms with Gasteiger partial charge in [0.2, 0.25) is 5.91 Å². The number of anilines is 2. The van der Waals surface area contributed by atoms with Gasteiger partial charge in [0.25, 0.3) is 0 Å². The number of carbonyl (C=O) groups is 2. The molecule has 0 spiro atoms. The molecule has 0 aliphatic heterocycles. The van der Waals surface area contributed by atoms with Crippen LogP contribution in [-0.2, 0) is 19.4 Å². The molecule has 0 heterocycles. The number of nitrogen functional groups attached to an aromatic ring is 1. The fraction of sp³-hybridized carbons (Fsp3) is 0.192. The molecule has 0 saturated heterocycles. The van der Waals surface area contributed by atoms with E-state index in [1.54, 1.807) is 72.8 Å². The van der Waals surface area contributed by atoms with Gasteiger partial charge in [-0.05, 0) is 48.7 Å². The zero-order valence-corrected chi connectivity index (χ0v) is 20.5. The average Bonchev–Trinajstić information content (AvgIpc) is 2.83. The largest absolute Gasteiger partial charge is 0.481 e. The zero-order chi connectivity index (χ0) is 26.3. The van der Waals surface area contributed by atoms with E-state index in [4.69, 9.17) is 16.2 Å². The molecule has 0 aliphatic carbocycles. The van der Waals surface area contributed by atoms with E-state index in [1.165, 1.54) is 0 Å². The highest BCUT2D eigenvalue weighted by Gasteiger charge is 2.20. The SMILES string of the molecule is CS(=O)(=O)c1ccccc1-c1ccc(NC(=O)[C@H](CCCC(=O)O)Nc2cccc(C(=N)N)c2)cc1. The molecule has 0 aromatic heterocycles. The number of carboxylic acid groups (broad SMARTS) is 1. The Hall–Kier alpha value is -4.18. The van der Waals surface area contributed by atoms with Crippen molar-refractivity contribution in [2.45, 2.75) is 30.2 Å². The molecule has 3 aromatic rings. The number of nitrogens with one attached hydrogen (secondary N) is 3. The van der Waals surface area contributed by atoms with Gasteiger partial charge >= 0.3 is 5.97 Å². The lowest BCUT2D eigenvalue weighted by Gasteiger charge is -2.20. The number of carboxylic acids is 1. The zero-order valence-electron chi connectivity index (χ0n) is 19.7. The summed E-state index contributed by atoms with van der Waals surface area (Å²) in [6.07, 6.45) is 1.63. The summed E-state index contributed by atoms with van der Waals surface area (Å²) in [7, 11) is -3.42. The van der Waals surface area contributed by atoms with Crippen molar-refractivity contribution in [3.63, 3.8) is 0 Å². The molecule has 3 aromatic carbocycles. The van der Waals surface area contributed by atoms with Crippen LogP contribution in [-0.4, -0.2) is 43.5 Å². The van der Waals surface area contributed by atoms with Crippen molar-refractivity contribution >= 4 is 38.9 Å². The molecule has 188 valence electrons. The standard InChI is InChI=1S/C26H28N4O5S/c1-36(34,35)23-10-3-2-8-21(23)17-12-14-19(15-13-17)30-26(33)22(9-5-11-24(31)32)29-20-7-4-6-18(16-20)25(27)28/h2-4,6-8,10,12-16,22,29H,5,9,11H2,1H3,(H3,27,28)(H,30,33)(H,31,32)/t22-/m0/s1. The molecular formula is C26H28N4O5S. The first-order valence-electron chi connectivity index (χ1n) is 11.2. The van der Waals surface area contributed by atoms with Crippen LogP contribution in [0.4, 0.5) is 11.4 Å². The van der Waals surface area contributed by atoms with Crippen LogP contribution in [0.15, 0.2) is 77.7 Å². The highest BCUT2D eigenvalue weighted by Crippen LogP contribution is 2.28. The lowest BCUT2D eigenvalue weighted by atomic mass is 10.0. The third kappa shape index (κ3) is 7.16. The molecule has 0 unspecified atom stereocenters. The number of hydrogen-bond acceptors (Lipinski definition) is 6. The lowest BCUT2D eigenvalue weighted by molar-refractivity contribution is -0.137. The van der Waals surface area contributed by atoms with Crippen molar-refractivity contribution < 1.29 is 23.1 Å². The number of sulfone groups is 1. The number of aliphatic carboxylic acids is 1. The lowest BCUT2D eigenvalue weighted by Crippen LogP contribution is -2.35. The van der Waals surface area contributed by atoms with E-state index >= 15 is 0 Å². The Balaban J connectivity index is 1.78. The van der Waals surface area contributed by atoms with Gasteiger partial charge in [0.05, 0.1) is 4.90 Å². The van der Waals surface area contributed by atoms with Gasteiger partial charge in [-0.3, -0.25) is 15.0 Å². The van der Waals surface area contributed by atoms with Crippen molar-refractivity contribution in [3.05, 3.63) is 78.4 Å². The van der Waals surface area contributed by atoms with E-state index in [1.807, 2.05) is 0 Å². The van der Waals surface area contributed by atoms with Crippen LogP contribution < -0.4 is 16.4 Å². The molecule has 0 aliphatic rings. The molecule has 9 nitrogen and oxygen atoms in total. The molecule has 0 bridgehead atoms. The summed E-state index contributed by atoms with van der Waals surface area (Å²) in [4.78, 5) is 24.3. The fourth-order valence-corrected chi connectivity index (χ4v) is 4.61. The number of carbonyl (C=O) groups excluding carboxylic acids is 1. The maximum atomic E-state index is 13.1. The summed E-state index contributed by atoms with van der Waals surface area (Å²) in [5.74, 6) is -1.42. The third-order valence-corrected chi connectivity index (χ3v) is 6.62. The van der Waals surface area contributed by atoms with Crippen LogP contribution in [0.1, 0.15) is 24.8 Å². The minimum atomic E-state index is -3.42. The summed E-state index contributed by atoms with van der Waals surface area (Å²) in [5.41, 5.74) is 8.38. The van der Waals surface area contributed by atoms with Crippen molar-refractivity contribution in [3.8, 4) is 11.1 Å². The Morgan fingerprint density at radius 2 is 1.69 bits per heavy atom. The maximum Gasteiger partial charge on any atom is 0.303 e. The Morgan fingerprint density at radius 1 is 1.00 bits per heavy atom. The number of amides is 1. The van der Waals surface area contributed by atoms with Crippen molar-refractivity contribution in [1.82, 2.24) is 0 Å². The first kappa shape index (κ1) is 26.4. The Morgan fingerprint density at radius 3 is 2.33 bits per heavy atom. The molecule has 10 heteroatoms. The van der Waals surface area contributed by atoms with E-state index < -0.39 is 21.8 Å². The summed E-state index contributed by atoms with van der Waals surface area (Å²) in [5, 5.41) is 22.5. The average molecular weight is 509 g/mol. The number of hydrogen-bond donors (Lipinski definition) is 5. The molecule has 1 atom stereocenters. The smallest absolute Gasteiger partial charge is 0.303 e. The molecule has 0 fully saturated rings. The van der Waals surface area contributed by atoms with Crippen LogP contribution in [0.25, 0.3) is 11.1 Å². The molecule has 6 N–H and O–H groups in total. The van der Waals surface area contributed by atoms with E-state index in [0.29, 0.717) is 28.1 Å². The number of rotatable bonds is 11. The van der Waals surface area contributed by atoms with Crippen molar-refractivity contribution in [2.75, 3.05) is 16.9 Å². The summed E-state index contributed by atoms with van der Waals surface area (Å²) >= 11 is 0. The normalized spacial score (nSPS) is 11.9. The predicted molar refractivity (Wildman–Crippen MR) is 140 cm³/mol. The molecule has 1 amide bonds. The van der Waals surface area contributed by atoms with Gasteiger partial charge in [-0.1, -0.05) is 42.5 Å².